The number of nitriles is 1. The van der Waals surface area contributed by atoms with E-state index in [4.69, 9.17) is 5.26 Å². The van der Waals surface area contributed by atoms with E-state index in [9.17, 15) is 13.2 Å². The Morgan fingerprint density at radius 2 is 1.50 bits per heavy atom. The van der Waals surface area contributed by atoms with E-state index in [1.807, 2.05) is 0 Å². The minimum absolute atomic E-state index is 0.860. The standard InChI is InChI=1S/C6H3F3.C2H3N/c7-4-2-1-3-5(8)6(4)9;1-2-3/h1-3H;1H3. The van der Waals surface area contributed by atoms with Gasteiger partial charge in [0.05, 0.1) is 6.07 Å². The lowest BCUT2D eigenvalue weighted by Crippen LogP contribution is -1.86. The molecule has 0 amide bonds. The zero-order valence-corrected chi connectivity index (χ0v) is 6.31. The lowest BCUT2D eigenvalue weighted by molar-refractivity contribution is 0.447. The number of hydrogen-bond donors (Lipinski definition) is 0. The zero-order chi connectivity index (χ0) is 9.56. The smallest absolute Gasteiger partial charge is 0.194 e. The van der Waals surface area contributed by atoms with Crippen molar-refractivity contribution in [2.75, 3.05) is 0 Å². The van der Waals surface area contributed by atoms with E-state index >= 15 is 0 Å². The van der Waals surface area contributed by atoms with E-state index in [0.29, 0.717) is 0 Å². The van der Waals surface area contributed by atoms with Gasteiger partial charge in [-0.2, -0.15) is 5.26 Å². The Labute approximate surface area is 68.1 Å². The molecule has 0 heterocycles. The molecule has 0 aromatic heterocycles. The third-order valence-electron chi connectivity index (χ3n) is 0.904. The van der Waals surface area contributed by atoms with E-state index in [0.717, 1.165) is 18.2 Å². The third-order valence-corrected chi connectivity index (χ3v) is 0.904. The predicted octanol–water partition coefficient (Wildman–Crippen LogP) is 2.63. The summed E-state index contributed by atoms with van der Waals surface area (Å²) < 4.78 is 35.9. The molecular formula is C8H6F3N. The van der Waals surface area contributed by atoms with Gasteiger partial charge in [-0.1, -0.05) is 6.07 Å². The normalized spacial score (nSPS) is 7.92. The molecule has 0 fully saturated rings. The van der Waals surface area contributed by atoms with E-state index in [1.165, 1.54) is 6.92 Å². The molecule has 0 aliphatic carbocycles. The first-order chi connectivity index (χ1) is 5.63. The highest BCUT2D eigenvalue weighted by Crippen LogP contribution is 2.07. The summed E-state index contributed by atoms with van der Waals surface area (Å²) in [7, 11) is 0. The molecule has 64 valence electrons. The summed E-state index contributed by atoms with van der Waals surface area (Å²) in [5.41, 5.74) is 0. The second kappa shape index (κ2) is 5.19. The predicted molar refractivity (Wildman–Crippen MR) is 37.6 cm³/mol. The fourth-order valence-corrected chi connectivity index (χ4v) is 0.477. The maximum atomic E-state index is 12.0. The van der Waals surface area contributed by atoms with E-state index in [-0.39, 0.29) is 0 Å². The number of nitrogens with zero attached hydrogens (tertiary/aromatic N) is 1. The molecule has 0 saturated heterocycles. The lowest BCUT2D eigenvalue weighted by atomic mass is 10.3. The van der Waals surface area contributed by atoms with Crippen molar-refractivity contribution < 1.29 is 13.2 Å². The molecule has 0 unspecified atom stereocenters. The molecule has 12 heavy (non-hydrogen) atoms. The summed E-state index contributed by atoms with van der Waals surface area (Å²) in [5.74, 6) is -3.73. The van der Waals surface area contributed by atoms with Gasteiger partial charge < -0.3 is 0 Å². The van der Waals surface area contributed by atoms with Crippen LogP contribution in [0.15, 0.2) is 18.2 Å². The molecule has 0 N–H and O–H groups in total. The molecule has 0 saturated carbocycles. The van der Waals surface area contributed by atoms with Crippen molar-refractivity contribution in [1.29, 1.82) is 5.26 Å². The first kappa shape index (κ1) is 10.5. The highest BCUT2D eigenvalue weighted by Gasteiger charge is 2.04. The molecule has 1 nitrogen and oxygen atoms in total. The molecule has 4 heteroatoms. The topological polar surface area (TPSA) is 23.8 Å². The van der Waals surface area contributed by atoms with E-state index in [1.54, 1.807) is 6.07 Å². The van der Waals surface area contributed by atoms with Crippen molar-refractivity contribution in [3.63, 3.8) is 0 Å². The van der Waals surface area contributed by atoms with Crippen molar-refractivity contribution >= 4 is 0 Å². The SMILES string of the molecule is CC#N.Fc1cccc(F)c1F. The summed E-state index contributed by atoms with van der Waals surface area (Å²) in [6.07, 6.45) is 0. The van der Waals surface area contributed by atoms with Crippen molar-refractivity contribution in [2.45, 2.75) is 6.92 Å². The van der Waals surface area contributed by atoms with Gasteiger partial charge in [-0.3, -0.25) is 0 Å². The molecule has 0 atom stereocenters. The number of halogens is 3. The van der Waals surface area contributed by atoms with Crippen LogP contribution in [0.1, 0.15) is 6.92 Å². The molecular weight excluding hydrogens is 167 g/mol. The van der Waals surface area contributed by atoms with Crippen LogP contribution in [0.5, 0.6) is 0 Å². The van der Waals surface area contributed by atoms with Crippen LogP contribution in [-0.4, -0.2) is 0 Å². The maximum Gasteiger partial charge on any atom is 0.194 e. The van der Waals surface area contributed by atoms with Gasteiger partial charge in [0.1, 0.15) is 0 Å². The van der Waals surface area contributed by atoms with Crippen molar-refractivity contribution in [2.24, 2.45) is 0 Å². The Bertz CT molecular complexity index is 271. The average Bonchev–Trinajstić information content (AvgIpc) is 2.02. The van der Waals surface area contributed by atoms with Crippen molar-refractivity contribution in [1.82, 2.24) is 0 Å². The second-order valence-electron chi connectivity index (χ2n) is 1.76. The van der Waals surface area contributed by atoms with Gasteiger partial charge in [-0.25, -0.2) is 13.2 Å². The molecule has 1 aromatic rings. The van der Waals surface area contributed by atoms with Crippen LogP contribution in [0.25, 0.3) is 0 Å². The minimum atomic E-state index is -1.42. The summed E-state index contributed by atoms with van der Waals surface area (Å²) in [4.78, 5) is 0. The highest BCUT2D eigenvalue weighted by molar-refractivity contribution is 5.07. The maximum absolute atomic E-state index is 12.0. The Morgan fingerprint density at radius 1 is 1.17 bits per heavy atom. The Hall–Kier alpha value is -1.50. The molecule has 0 bridgehead atoms. The Balaban J connectivity index is 0.000000354. The van der Waals surface area contributed by atoms with Crippen LogP contribution in [0.4, 0.5) is 13.2 Å². The number of benzene rings is 1. The van der Waals surface area contributed by atoms with Crippen LogP contribution in [-0.2, 0) is 0 Å². The van der Waals surface area contributed by atoms with Gasteiger partial charge in [0, 0.05) is 6.92 Å². The molecule has 0 aliphatic rings. The van der Waals surface area contributed by atoms with Crippen LogP contribution in [0, 0.1) is 28.8 Å². The Kier molecular flexibility index (Phi) is 4.54. The number of rotatable bonds is 0. The van der Waals surface area contributed by atoms with Crippen LogP contribution in [0.3, 0.4) is 0 Å². The van der Waals surface area contributed by atoms with Gasteiger partial charge in [0.15, 0.2) is 17.5 Å². The largest absolute Gasteiger partial charge is 0.204 e. The summed E-state index contributed by atoms with van der Waals surface area (Å²) in [6.45, 7) is 1.43. The van der Waals surface area contributed by atoms with E-state index < -0.39 is 17.5 Å². The molecule has 1 rings (SSSR count). The van der Waals surface area contributed by atoms with Crippen molar-refractivity contribution in [3.8, 4) is 6.07 Å². The molecule has 1 aromatic carbocycles. The monoisotopic (exact) mass is 173 g/mol. The first-order valence-corrected chi connectivity index (χ1v) is 3.03. The summed E-state index contributed by atoms with van der Waals surface area (Å²) in [5, 5.41) is 7.32. The quantitative estimate of drug-likeness (QED) is 0.553. The minimum Gasteiger partial charge on any atom is -0.204 e. The zero-order valence-electron chi connectivity index (χ0n) is 6.31. The van der Waals surface area contributed by atoms with Crippen molar-refractivity contribution in [3.05, 3.63) is 35.7 Å². The first-order valence-electron chi connectivity index (χ1n) is 3.03. The average molecular weight is 173 g/mol. The van der Waals surface area contributed by atoms with Gasteiger partial charge in [-0.15, -0.1) is 0 Å². The molecule has 0 aliphatic heterocycles. The van der Waals surface area contributed by atoms with Gasteiger partial charge in [0.2, 0.25) is 0 Å². The van der Waals surface area contributed by atoms with Crippen LogP contribution in [0.2, 0.25) is 0 Å². The Morgan fingerprint density at radius 3 is 1.75 bits per heavy atom. The summed E-state index contributed by atoms with van der Waals surface area (Å²) in [6, 6.07) is 4.57. The fourth-order valence-electron chi connectivity index (χ4n) is 0.477. The van der Waals surface area contributed by atoms with E-state index in [2.05, 4.69) is 0 Å². The second-order valence-corrected chi connectivity index (χ2v) is 1.76. The number of hydrogen-bond acceptors (Lipinski definition) is 1. The van der Waals surface area contributed by atoms with Gasteiger partial charge in [0.25, 0.3) is 0 Å². The third kappa shape index (κ3) is 3.06. The van der Waals surface area contributed by atoms with Crippen LogP contribution >= 0.6 is 0 Å². The lowest BCUT2D eigenvalue weighted by Gasteiger charge is -1.90. The van der Waals surface area contributed by atoms with Gasteiger partial charge in [-0.05, 0) is 12.1 Å². The molecule has 0 radical (unpaired) electrons. The highest BCUT2D eigenvalue weighted by atomic mass is 19.2. The van der Waals surface area contributed by atoms with Gasteiger partial charge >= 0.3 is 0 Å². The van der Waals surface area contributed by atoms with Crippen LogP contribution < -0.4 is 0 Å². The molecule has 0 spiro atoms. The fraction of sp³-hybridized carbons (Fsp3) is 0.125. The summed E-state index contributed by atoms with van der Waals surface area (Å²) >= 11 is 0.